The van der Waals surface area contributed by atoms with Gasteiger partial charge in [-0.2, -0.15) is 0 Å². The monoisotopic (exact) mass is 344 g/mol. The highest BCUT2D eigenvalue weighted by Gasteiger charge is 2.11. The fraction of sp³-hybridized carbons (Fsp3) is 0.368. The van der Waals surface area contributed by atoms with Gasteiger partial charge in [0, 0.05) is 13.1 Å². The lowest BCUT2D eigenvalue weighted by Gasteiger charge is -2.13. The predicted molar refractivity (Wildman–Crippen MR) is 95.7 cm³/mol. The van der Waals surface area contributed by atoms with E-state index in [1.807, 2.05) is 36.4 Å². The predicted octanol–water partition coefficient (Wildman–Crippen LogP) is 2.82. The molecule has 0 saturated carbocycles. The number of carbonyl (C=O) groups is 1. The number of carbonyl (C=O) groups excluding carboxylic acids is 1. The third kappa shape index (κ3) is 6.52. The van der Waals surface area contributed by atoms with Gasteiger partial charge in [-0.3, -0.25) is 4.79 Å². The number of rotatable bonds is 10. The molecule has 0 aliphatic rings. The molecule has 0 atom stereocenters. The molecular formula is C19H24N2O4. The largest absolute Gasteiger partial charge is 0.480 e. The van der Waals surface area contributed by atoms with Crippen LogP contribution in [0.2, 0.25) is 0 Å². The molecule has 1 N–H and O–H groups in total. The molecule has 0 saturated heterocycles. The van der Waals surface area contributed by atoms with E-state index in [4.69, 9.17) is 14.2 Å². The summed E-state index contributed by atoms with van der Waals surface area (Å²) in [6.07, 6.45) is 2.30. The van der Waals surface area contributed by atoms with E-state index in [-0.39, 0.29) is 5.91 Å². The maximum absolute atomic E-state index is 11.4. The Hall–Kier alpha value is -2.44. The molecule has 0 aliphatic carbocycles. The van der Waals surface area contributed by atoms with Crippen molar-refractivity contribution in [3.63, 3.8) is 0 Å². The molecule has 1 amide bonds. The molecule has 6 heteroatoms. The summed E-state index contributed by atoms with van der Waals surface area (Å²) in [4.78, 5) is 15.5. The van der Waals surface area contributed by atoms with Gasteiger partial charge >= 0.3 is 0 Å². The Morgan fingerprint density at radius 2 is 1.84 bits per heavy atom. The van der Waals surface area contributed by atoms with Crippen LogP contribution in [-0.4, -0.2) is 37.8 Å². The minimum Gasteiger partial charge on any atom is -0.480 e. The summed E-state index contributed by atoms with van der Waals surface area (Å²) in [6.45, 7) is 3.61. The number of ether oxygens (including phenoxy) is 3. The highest BCUT2D eigenvalue weighted by atomic mass is 16.5. The molecule has 0 aliphatic heterocycles. The lowest BCUT2D eigenvalue weighted by atomic mass is 10.1. The van der Waals surface area contributed by atoms with Crippen molar-refractivity contribution >= 4 is 11.6 Å². The number of pyridine rings is 1. The first kappa shape index (κ1) is 18.9. The molecule has 6 nitrogen and oxygen atoms in total. The molecule has 0 bridgehead atoms. The summed E-state index contributed by atoms with van der Waals surface area (Å²) in [5.41, 5.74) is 2.67. The third-order valence-electron chi connectivity index (χ3n) is 3.50. The second-order valence-electron chi connectivity index (χ2n) is 5.44. The molecule has 0 spiro atoms. The SMILES string of the molecule is COc1nccc(CCOCCOCc2ccccc2)c1NC(C)=O. The first-order valence-corrected chi connectivity index (χ1v) is 8.19. The zero-order chi connectivity index (χ0) is 17.9. The van der Waals surface area contributed by atoms with E-state index in [0.717, 1.165) is 11.1 Å². The van der Waals surface area contributed by atoms with Gasteiger partial charge < -0.3 is 19.5 Å². The Kier molecular flexibility index (Phi) is 7.88. The Morgan fingerprint density at radius 1 is 1.08 bits per heavy atom. The Labute approximate surface area is 148 Å². The van der Waals surface area contributed by atoms with Gasteiger partial charge in [0.05, 0.1) is 33.5 Å². The summed E-state index contributed by atoms with van der Waals surface area (Å²) in [6, 6.07) is 11.9. The molecule has 2 rings (SSSR count). The standard InChI is InChI=1S/C19H24N2O4/c1-15(22)21-18-17(8-10-20-19(18)23-2)9-11-24-12-13-25-14-16-6-4-3-5-7-16/h3-8,10H,9,11-14H2,1-2H3,(H,21,22). The van der Waals surface area contributed by atoms with Crippen molar-refractivity contribution in [1.82, 2.24) is 4.98 Å². The van der Waals surface area contributed by atoms with Crippen LogP contribution in [0.4, 0.5) is 5.69 Å². The van der Waals surface area contributed by atoms with Crippen molar-refractivity contribution in [2.24, 2.45) is 0 Å². The van der Waals surface area contributed by atoms with Crippen LogP contribution in [0, 0.1) is 0 Å². The summed E-state index contributed by atoms with van der Waals surface area (Å²) < 4.78 is 16.4. The van der Waals surface area contributed by atoms with Crippen LogP contribution in [0.25, 0.3) is 0 Å². The van der Waals surface area contributed by atoms with E-state index in [0.29, 0.717) is 44.4 Å². The van der Waals surface area contributed by atoms with Gasteiger partial charge in [0.1, 0.15) is 5.69 Å². The molecule has 2 aromatic rings. The molecule has 1 aromatic heterocycles. The molecule has 1 aromatic carbocycles. The quantitative estimate of drug-likeness (QED) is 0.671. The highest BCUT2D eigenvalue weighted by Crippen LogP contribution is 2.26. The molecule has 0 unspecified atom stereocenters. The topological polar surface area (TPSA) is 69.7 Å². The van der Waals surface area contributed by atoms with E-state index in [2.05, 4.69) is 10.3 Å². The first-order valence-electron chi connectivity index (χ1n) is 8.19. The van der Waals surface area contributed by atoms with Crippen molar-refractivity contribution in [1.29, 1.82) is 0 Å². The smallest absolute Gasteiger partial charge is 0.237 e. The molecular weight excluding hydrogens is 320 g/mol. The summed E-state index contributed by atoms with van der Waals surface area (Å²) >= 11 is 0. The zero-order valence-electron chi connectivity index (χ0n) is 14.7. The molecule has 134 valence electrons. The van der Waals surface area contributed by atoms with Crippen molar-refractivity contribution in [3.05, 3.63) is 53.7 Å². The zero-order valence-corrected chi connectivity index (χ0v) is 14.7. The van der Waals surface area contributed by atoms with Crippen molar-refractivity contribution < 1.29 is 19.0 Å². The lowest BCUT2D eigenvalue weighted by molar-refractivity contribution is -0.114. The van der Waals surface area contributed by atoms with Crippen LogP contribution in [0.1, 0.15) is 18.1 Å². The van der Waals surface area contributed by atoms with Gasteiger partial charge in [-0.15, -0.1) is 0 Å². The second kappa shape index (κ2) is 10.4. The number of methoxy groups -OCH3 is 1. The van der Waals surface area contributed by atoms with Gasteiger partial charge in [-0.05, 0) is 23.6 Å². The highest BCUT2D eigenvalue weighted by molar-refractivity contribution is 5.91. The molecule has 25 heavy (non-hydrogen) atoms. The molecule has 0 fully saturated rings. The first-order chi connectivity index (χ1) is 12.2. The molecule has 0 radical (unpaired) electrons. The third-order valence-corrected chi connectivity index (χ3v) is 3.50. The lowest BCUT2D eigenvalue weighted by Crippen LogP contribution is -2.12. The number of hydrogen-bond donors (Lipinski definition) is 1. The van der Waals surface area contributed by atoms with Crippen LogP contribution < -0.4 is 10.1 Å². The van der Waals surface area contributed by atoms with E-state index >= 15 is 0 Å². The Bertz CT molecular complexity index is 662. The number of benzene rings is 1. The van der Waals surface area contributed by atoms with Gasteiger partial charge in [-0.25, -0.2) is 4.98 Å². The minimum atomic E-state index is -0.164. The fourth-order valence-corrected chi connectivity index (χ4v) is 2.32. The van der Waals surface area contributed by atoms with Crippen LogP contribution in [0.5, 0.6) is 5.88 Å². The van der Waals surface area contributed by atoms with Crippen molar-refractivity contribution in [2.45, 2.75) is 20.0 Å². The van der Waals surface area contributed by atoms with E-state index in [9.17, 15) is 4.79 Å². The maximum atomic E-state index is 11.4. The van der Waals surface area contributed by atoms with E-state index < -0.39 is 0 Å². The van der Waals surface area contributed by atoms with Crippen molar-refractivity contribution in [3.8, 4) is 5.88 Å². The number of hydrogen-bond acceptors (Lipinski definition) is 5. The summed E-state index contributed by atoms with van der Waals surface area (Å²) in [7, 11) is 1.53. The van der Waals surface area contributed by atoms with Gasteiger partial charge in [0.2, 0.25) is 11.8 Å². The Morgan fingerprint density at radius 3 is 2.56 bits per heavy atom. The summed E-state index contributed by atoms with van der Waals surface area (Å²) in [5, 5.41) is 2.77. The van der Waals surface area contributed by atoms with Gasteiger partial charge in [0.15, 0.2) is 0 Å². The fourth-order valence-electron chi connectivity index (χ4n) is 2.32. The normalized spacial score (nSPS) is 10.5. The van der Waals surface area contributed by atoms with E-state index in [1.54, 1.807) is 6.20 Å². The van der Waals surface area contributed by atoms with E-state index in [1.165, 1.54) is 14.0 Å². The minimum absolute atomic E-state index is 0.164. The average molecular weight is 344 g/mol. The van der Waals surface area contributed by atoms with Crippen LogP contribution in [0.3, 0.4) is 0 Å². The van der Waals surface area contributed by atoms with Gasteiger partial charge in [-0.1, -0.05) is 30.3 Å². The van der Waals surface area contributed by atoms with Crippen LogP contribution in [-0.2, 0) is 27.3 Å². The average Bonchev–Trinajstić information content (AvgIpc) is 2.62. The van der Waals surface area contributed by atoms with Crippen LogP contribution in [0.15, 0.2) is 42.6 Å². The number of aromatic nitrogens is 1. The number of amides is 1. The number of anilines is 1. The van der Waals surface area contributed by atoms with Crippen LogP contribution >= 0.6 is 0 Å². The molecule has 1 heterocycles. The second-order valence-corrected chi connectivity index (χ2v) is 5.44. The number of nitrogens with zero attached hydrogens (tertiary/aromatic N) is 1. The maximum Gasteiger partial charge on any atom is 0.237 e. The van der Waals surface area contributed by atoms with Gasteiger partial charge in [0.25, 0.3) is 0 Å². The van der Waals surface area contributed by atoms with Crippen molar-refractivity contribution in [2.75, 3.05) is 32.2 Å². The Balaban J connectivity index is 1.71. The number of nitrogens with one attached hydrogen (secondary N) is 1. The summed E-state index contributed by atoms with van der Waals surface area (Å²) in [5.74, 6) is 0.238.